The number of nitrogens with two attached hydrogens (primary N) is 1. The van der Waals surface area contributed by atoms with E-state index in [1.54, 1.807) is 30.3 Å². The number of carbonyl (C=O) groups excluding carboxylic acids is 1. The minimum absolute atomic E-state index is 0.0327. The van der Waals surface area contributed by atoms with E-state index in [2.05, 4.69) is 15.1 Å². The van der Waals surface area contributed by atoms with Gasteiger partial charge in [0.15, 0.2) is 5.65 Å². The van der Waals surface area contributed by atoms with Crippen molar-refractivity contribution in [2.24, 2.45) is 5.92 Å². The first-order valence-corrected chi connectivity index (χ1v) is 14.0. The summed E-state index contributed by atoms with van der Waals surface area (Å²) in [5.41, 5.74) is 6.42. The highest BCUT2D eigenvalue weighted by atomic mass is 19.3. The summed E-state index contributed by atoms with van der Waals surface area (Å²) in [6.45, 7) is -0.995. The van der Waals surface area contributed by atoms with E-state index in [4.69, 9.17) is 10.5 Å². The Hall–Kier alpha value is -4.92. The summed E-state index contributed by atoms with van der Waals surface area (Å²) in [7, 11) is 0. The van der Waals surface area contributed by atoms with Gasteiger partial charge in [-0.2, -0.15) is 10.4 Å². The molecular formula is C31H28F3N7O2. The van der Waals surface area contributed by atoms with E-state index in [1.165, 1.54) is 29.2 Å². The zero-order valence-electron chi connectivity index (χ0n) is 23.1. The highest BCUT2D eigenvalue weighted by molar-refractivity contribution is 5.99. The lowest BCUT2D eigenvalue weighted by atomic mass is 10.1. The second kappa shape index (κ2) is 11.4. The van der Waals surface area contributed by atoms with Crippen molar-refractivity contribution < 1.29 is 22.7 Å². The topological polar surface area (TPSA) is 123 Å². The summed E-state index contributed by atoms with van der Waals surface area (Å²) in [6.07, 6.45) is 5.78. The van der Waals surface area contributed by atoms with E-state index in [9.17, 15) is 18.8 Å². The molecule has 2 N–H and O–H groups in total. The van der Waals surface area contributed by atoms with E-state index in [0.717, 1.165) is 24.2 Å². The molecule has 2 aromatic heterocycles. The van der Waals surface area contributed by atoms with Gasteiger partial charge in [0, 0.05) is 18.1 Å². The fraction of sp³-hybridized carbons (Fsp3) is 0.323. The molecule has 43 heavy (non-hydrogen) atoms. The highest BCUT2D eigenvalue weighted by Crippen LogP contribution is 2.38. The molecule has 220 valence electrons. The van der Waals surface area contributed by atoms with Crippen LogP contribution in [0.2, 0.25) is 0 Å². The number of nitriles is 1. The van der Waals surface area contributed by atoms with Gasteiger partial charge in [-0.1, -0.05) is 37.1 Å². The third-order valence-electron chi connectivity index (χ3n) is 7.73. The van der Waals surface area contributed by atoms with Crippen LogP contribution in [0, 0.1) is 23.1 Å². The van der Waals surface area contributed by atoms with Crippen molar-refractivity contribution in [1.82, 2.24) is 24.6 Å². The molecule has 2 aromatic carbocycles. The molecule has 1 saturated carbocycles. The number of anilines is 1. The third kappa shape index (κ3) is 6.02. The number of carbonyl (C=O) groups is 1. The maximum absolute atomic E-state index is 15.5. The number of rotatable bonds is 9. The zero-order valence-corrected chi connectivity index (χ0v) is 23.1. The monoisotopic (exact) mass is 587 g/mol. The fourth-order valence-corrected chi connectivity index (χ4v) is 5.43. The standard InChI is InChI=1S/C31H28F3N7O2/c32-25-13-23(43-22-7-2-1-3-8-22)11-12-24(25)27-26-28(36)37-18-38-29(26)41(39-27)16-21-14-31(33,34)17-40(21)30(42)20(15-35)6-4-5-19-9-10-19/h1-3,6-8,11-13,18-19,21H,4-5,9-10,14,16-17H2,(H2,36,37,38)/b20-6+/t21-/m0/s1. The summed E-state index contributed by atoms with van der Waals surface area (Å²) >= 11 is 0. The Labute approximate surface area is 245 Å². The minimum atomic E-state index is -3.16. The zero-order chi connectivity index (χ0) is 30.1. The van der Waals surface area contributed by atoms with Gasteiger partial charge < -0.3 is 15.4 Å². The van der Waals surface area contributed by atoms with E-state index in [1.807, 2.05) is 12.1 Å². The number of halogens is 3. The summed E-state index contributed by atoms with van der Waals surface area (Å²) in [4.78, 5) is 22.6. The molecule has 2 fully saturated rings. The number of amides is 1. The van der Waals surface area contributed by atoms with Crippen LogP contribution >= 0.6 is 0 Å². The quantitative estimate of drug-likeness (QED) is 0.192. The van der Waals surface area contributed by atoms with Gasteiger partial charge in [-0.3, -0.25) is 4.79 Å². The number of hydrogen-bond acceptors (Lipinski definition) is 7. The molecule has 1 atom stereocenters. The van der Waals surface area contributed by atoms with Crippen LogP contribution in [0.3, 0.4) is 0 Å². The molecular weight excluding hydrogens is 559 g/mol. The van der Waals surface area contributed by atoms with Crippen molar-refractivity contribution in [1.29, 1.82) is 5.26 Å². The van der Waals surface area contributed by atoms with Gasteiger partial charge in [-0.25, -0.2) is 27.8 Å². The number of aromatic nitrogens is 4. The lowest BCUT2D eigenvalue weighted by Gasteiger charge is -2.23. The van der Waals surface area contributed by atoms with Crippen LogP contribution in [0.15, 0.2) is 66.5 Å². The van der Waals surface area contributed by atoms with Crippen molar-refractivity contribution in [3.63, 3.8) is 0 Å². The lowest BCUT2D eigenvalue weighted by Crippen LogP contribution is -2.39. The molecule has 3 heterocycles. The Balaban J connectivity index is 1.31. The van der Waals surface area contributed by atoms with Crippen LogP contribution in [0.25, 0.3) is 22.3 Å². The first-order valence-electron chi connectivity index (χ1n) is 14.0. The number of fused-ring (bicyclic) bond motifs is 1. The van der Waals surface area contributed by atoms with Crippen molar-refractivity contribution in [3.8, 4) is 28.8 Å². The van der Waals surface area contributed by atoms with Crippen LogP contribution in [-0.2, 0) is 11.3 Å². The fourth-order valence-electron chi connectivity index (χ4n) is 5.43. The highest BCUT2D eigenvalue weighted by Gasteiger charge is 2.48. The number of alkyl halides is 2. The van der Waals surface area contributed by atoms with Gasteiger partial charge in [0.1, 0.15) is 46.8 Å². The number of allylic oxidation sites excluding steroid dienone is 1. The van der Waals surface area contributed by atoms with Crippen LogP contribution in [0.4, 0.5) is 19.0 Å². The van der Waals surface area contributed by atoms with Gasteiger partial charge in [0.05, 0.1) is 24.5 Å². The summed E-state index contributed by atoms with van der Waals surface area (Å²) in [6, 6.07) is 14.1. The first kappa shape index (κ1) is 28.2. The third-order valence-corrected chi connectivity index (χ3v) is 7.73. The number of ether oxygens (including phenoxy) is 1. The van der Waals surface area contributed by atoms with E-state index < -0.39 is 36.7 Å². The molecule has 4 aromatic rings. The maximum atomic E-state index is 15.5. The Morgan fingerprint density at radius 1 is 1.16 bits per heavy atom. The Kier molecular flexibility index (Phi) is 7.48. The Morgan fingerprint density at radius 3 is 2.67 bits per heavy atom. The molecule has 9 nitrogen and oxygen atoms in total. The molecule has 0 unspecified atom stereocenters. The Morgan fingerprint density at radius 2 is 1.95 bits per heavy atom. The normalized spacial score (nSPS) is 18.1. The molecule has 1 aliphatic carbocycles. The van der Waals surface area contributed by atoms with Gasteiger partial charge in [0.2, 0.25) is 0 Å². The minimum Gasteiger partial charge on any atom is -0.457 e. The number of benzene rings is 2. The van der Waals surface area contributed by atoms with Crippen LogP contribution in [-0.4, -0.2) is 49.1 Å². The number of nitrogens with zero attached hydrogens (tertiary/aromatic N) is 6. The molecule has 1 aliphatic heterocycles. The SMILES string of the molecule is N#C/C(=C\CCC1CC1)C(=O)N1CC(F)(F)C[C@H]1Cn1nc(-c2ccc(Oc3ccccc3)cc2F)c2c(N)ncnc21. The van der Waals surface area contributed by atoms with Crippen LogP contribution < -0.4 is 10.5 Å². The molecule has 0 bridgehead atoms. The smallest absolute Gasteiger partial charge is 0.267 e. The van der Waals surface area contributed by atoms with Crippen molar-refractivity contribution in [2.75, 3.05) is 12.3 Å². The predicted molar refractivity (Wildman–Crippen MR) is 152 cm³/mol. The molecule has 1 saturated heterocycles. The summed E-state index contributed by atoms with van der Waals surface area (Å²) < 4.78 is 51.9. The molecule has 0 radical (unpaired) electrons. The lowest BCUT2D eigenvalue weighted by molar-refractivity contribution is -0.128. The summed E-state index contributed by atoms with van der Waals surface area (Å²) in [5, 5.41) is 14.4. The van der Waals surface area contributed by atoms with Crippen molar-refractivity contribution in [3.05, 3.63) is 72.3 Å². The number of para-hydroxylation sites is 1. The van der Waals surface area contributed by atoms with E-state index >= 15 is 4.39 Å². The molecule has 12 heteroatoms. The second-order valence-electron chi connectivity index (χ2n) is 10.9. The second-order valence-corrected chi connectivity index (χ2v) is 10.9. The number of likely N-dealkylation sites (tertiary alicyclic amines) is 1. The van der Waals surface area contributed by atoms with Gasteiger partial charge in [0.25, 0.3) is 11.8 Å². The van der Waals surface area contributed by atoms with E-state index in [-0.39, 0.29) is 46.0 Å². The number of nitrogen functional groups attached to an aromatic ring is 1. The first-order chi connectivity index (χ1) is 20.7. The Bertz CT molecular complexity index is 1750. The van der Waals surface area contributed by atoms with E-state index in [0.29, 0.717) is 18.1 Å². The maximum Gasteiger partial charge on any atom is 0.267 e. The average molecular weight is 588 g/mol. The number of hydrogen-bond donors (Lipinski definition) is 1. The van der Waals surface area contributed by atoms with Gasteiger partial charge in [-0.15, -0.1) is 0 Å². The molecule has 2 aliphatic rings. The van der Waals surface area contributed by atoms with Gasteiger partial charge in [-0.05, 0) is 43.0 Å². The van der Waals surface area contributed by atoms with Crippen LogP contribution in [0.5, 0.6) is 11.5 Å². The summed E-state index contributed by atoms with van der Waals surface area (Å²) in [5.74, 6) is -3.12. The molecule has 6 rings (SSSR count). The predicted octanol–water partition coefficient (Wildman–Crippen LogP) is 5.88. The van der Waals surface area contributed by atoms with Crippen LogP contribution in [0.1, 0.15) is 32.1 Å². The average Bonchev–Trinajstić information content (AvgIpc) is 3.66. The van der Waals surface area contributed by atoms with Crippen molar-refractivity contribution in [2.45, 2.75) is 50.6 Å². The molecule has 1 amide bonds. The largest absolute Gasteiger partial charge is 0.457 e. The molecule has 0 spiro atoms. The van der Waals surface area contributed by atoms with Crippen molar-refractivity contribution >= 4 is 22.8 Å². The van der Waals surface area contributed by atoms with Gasteiger partial charge >= 0.3 is 0 Å².